The van der Waals surface area contributed by atoms with Gasteiger partial charge in [-0.2, -0.15) is 0 Å². The molecule has 3 heterocycles. The van der Waals surface area contributed by atoms with E-state index in [-0.39, 0.29) is 37.4 Å². The Morgan fingerprint density at radius 3 is 2.91 bits per heavy atom. The average molecular weight is 450 g/mol. The van der Waals surface area contributed by atoms with Crippen LogP contribution in [0.25, 0.3) is 11.3 Å². The zero-order valence-electron chi connectivity index (χ0n) is 16.7. The molecule has 3 amide bonds. The van der Waals surface area contributed by atoms with Gasteiger partial charge < -0.3 is 25.4 Å². The van der Waals surface area contributed by atoms with Gasteiger partial charge in [-0.3, -0.25) is 14.4 Å². The van der Waals surface area contributed by atoms with Crippen molar-refractivity contribution in [2.24, 2.45) is 0 Å². The second-order valence-electron chi connectivity index (χ2n) is 7.25. The number of aromatic nitrogens is 1. The molecule has 0 radical (unpaired) electrons. The molecule has 0 bridgehead atoms. The van der Waals surface area contributed by atoms with E-state index in [9.17, 15) is 14.4 Å². The van der Waals surface area contributed by atoms with Crippen LogP contribution in [0.4, 0.5) is 10.8 Å². The summed E-state index contributed by atoms with van der Waals surface area (Å²) in [5.41, 5.74) is 2.41. The molecule has 10 heteroatoms. The largest absolute Gasteiger partial charge is 0.454 e. The molecule has 2 aliphatic heterocycles. The first-order valence-corrected chi connectivity index (χ1v) is 10.8. The van der Waals surface area contributed by atoms with Crippen molar-refractivity contribution in [3.05, 3.63) is 53.4 Å². The van der Waals surface area contributed by atoms with E-state index < -0.39 is 6.04 Å². The van der Waals surface area contributed by atoms with Gasteiger partial charge in [-0.15, -0.1) is 11.3 Å². The number of amides is 3. The van der Waals surface area contributed by atoms with E-state index in [1.165, 1.54) is 11.3 Å². The molecule has 0 saturated heterocycles. The minimum atomic E-state index is -0.805. The van der Waals surface area contributed by atoms with Crippen LogP contribution in [0.5, 0.6) is 11.5 Å². The summed E-state index contributed by atoms with van der Waals surface area (Å²) in [6.07, 6.45) is 0.214. The molecule has 9 nitrogen and oxygen atoms in total. The highest BCUT2D eigenvalue weighted by atomic mass is 32.1. The summed E-state index contributed by atoms with van der Waals surface area (Å²) in [7, 11) is 0. The highest BCUT2D eigenvalue weighted by molar-refractivity contribution is 7.14. The van der Waals surface area contributed by atoms with E-state index in [4.69, 9.17) is 9.47 Å². The van der Waals surface area contributed by atoms with E-state index >= 15 is 0 Å². The summed E-state index contributed by atoms with van der Waals surface area (Å²) in [5.74, 6) is 0.357. The summed E-state index contributed by atoms with van der Waals surface area (Å²) < 4.78 is 10.7. The Morgan fingerprint density at radius 2 is 2.00 bits per heavy atom. The van der Waals surface area contributed by atoms with Gasteiger partial charge in [0.15, 0.2) is 16.6 Å². The smallest absolute Gasteiger partial charge is 0.254 e. The summed E-state index contributed by atoms with van der Waals surface area (Å²) in [6, 6.07) is 11.5. The number of carbonyl (C=O) groups is 3. The maximum absolute atomic E-state index is 12.4. The predicted octanol–water partition coefficient (Wildman–Crippen LogP) is 3.01. The summed E-state index contributed by atoms with van der Waals surface area (Å²) in [5, 5.41) is 10.5. The lowest BCUT2D eigenvalue weighted by atomic mass is 10.1. The summed E-state index contributed by atoms with van der Waals surface area (Å²) >= 11 is 1.30. The quantitative estimate of drug-likeness (QED) is 0.550. The van der Waals surface area contributed by atoms with E-state index in [1.54, 1.807) is 24.3 Å². The molecule has 0 fully saturated rings. The minimum absolute atomic E-state index is 0.0493. The van der Waals surface area contributed by atoms with Crippen molar-refractivity contribution in [2.75, 3.05) is 17.4 Å². The van der Waals surface area contributed by atoms with Crippen molar-refractivity contribution in [3.63, 3.8) is 0 Å². The number of para-hydroxylation sites is 1. The maximum Gasteiger partial charge on any atom is 0.254 e. The molecule has 5 rings (SSSR count). The Kier molecular flexibility index (Phi) is 5.20. The van der Waals surface area contributed by atoms with Gasteiger partial charge in [0.05, 0.1) is 16.9 Å². The molecule has 0 aliphatic carbocycles. The lowest BCUT2D eigenvalue weighted by molar-refractivity contribution is -0.118. The van der Waals surface area contributed by atoms with Crippen molar-refractivity contribution >= 4 is 39.9 Å². The molecule has 0 spiro atoms. The molecule has 3 N–H and O–H groups in total. The van der Waals surface area contributed by atoms with Crippen LogP contribution in [0.3, 0.4) is 0 Å². The van der Waals surface area contributed by atoms with E-state index in [0.717, 1.165) is 5.56 Å². The molecule has 1 unspecified atom stereocenters. The Bertz CT molecular complexity index is 1220. The van der Waals surface area contributed by atoms with Crippen molar-refractivity contribution < 1.29 is 23.9 Å². The number of anilines is 2. The average Bonchev–Trinajstić information content (AvgIpc) is 3.43. The third-order valence-corrected chi connectivity index (χ3v) is 5.89. The normalized spacial score (nSPS) is 16.6. The highest BCUT2D eigenvalue weighted by Gasteiger charge is 2.28. The van der Waals surface area contributed by atoms with Crippen LogP contribution >= 0.6 is 11.3 Å². The van der Waals surface area contributed by atoms with Crippen molar-refractivity contribution in [3.8, 4) is 22.8 Å². The van der Waals surface area contributed by atoms with Gasteiger partial charge in [-0.1, -0.05) is 12.1 Å². The fraction of sp³-hybridized carbons (Fsp3) is 0.182. The Balaban J connectivity index is 1.19. The topological polar surface area (TPSA) is 119 Å². The van der Waals surface area contributed by atoms with Gasteiger partial charge in [-0.25, -0.2) is 4.98 Å². The molecule has 2 aliphatic rings. The number of nitrogens with zero attached hydrogens (tertiary/aromatic N) is 1. The standard InChI is InChI=1S/C22H18N4O5S/c27-19(8-6-15-21(29)23-14-4-2-1-3-13(14)20(28)24-15)26-22-25-16(10-32-22)12-5-7-17-18(9-12)31-11-30-17/h1-5,7,9-10,15H,6,8,11H2,(H,23,29)(H,24,28)(H,25,26,27). The van der Waals surface area contributed by atoms with Crippen molar-refractivity contribution in [1.82, 2.24) is 10.3 Å². The SMILES string of the molecule is O=C(CCC1NC(=O)c2ccccc2NC1=O)Nc1nc(-c2ccc3c(c2)OCO3)cs1. The van der Waals surface area contributed by atoms with Crippen molar-refractivity contribution in [1.29, 1.82) is 0 Å². The van der Waals surface area contributed by atoms with E-state index in [0.29, 0.717) is 33.6 Å². The van der Waals surface area contributed by atoms with Crippen LogP contribution in [0.1, 0.15) is 23.2 Å². The number of carbonyl (C=O) groups excluding carboxylic acids is 3. The fourth-order valence-electron chi connectivity index (χ4n) is 3.49. The van der Waals surface area contributed by atoms with Crippen molar-refractivity contribution in [2.45, 2.75) is 18.9 Å². The fourth-order valence-corrected chi connectivity index (χ4v) is 4.23. The lowest BCUT2D eigenvalue weighted by Gasteiger charge is -2.13. The van der Waals surface area contributed by atoms with Crippen LogP contribution in [0.15, 0.2) is 47.8 Å². The molecule has 162 valence electrons. The molecule has 2 aromatic carbocycles. The summed E-state index contributed by atoms with van der Waals surface area (Å²) in [4.78, 5) is 41.7. The molecule has 0 saturated carbocycles. The third-order valence-electron chi connectivity index (χ3n) is 5.13. The maximum atomic E-state index is 12.4. The summed E-state index contributed by atoms with van der Waals surface area (Å²) in [6.45, 7) is 0.197. The predicted molar refractivity (Wildman–Crippen MR) is 118 cm³/mol. The number of hydrogen-bond acceptors (Lipinski definition) is 7. The van der Waals surface area contributed by atoms with Gasteiger partial charge in [0.1, 0.15) is 6.04 Å². The van der Waals surface area contributed by atoms with Gasteiger partial charge in [-0.05, 0) is 36.8 Å². The van der Waals surface area contributed by atoms with Gasteiger partial charge in [0, 0.05) is 17.4 Å². The number of rotatable bonds is 5. The molecular formula is C22H18N4O5S. The van der Waals surface area contributed by atoms with Crippen LogP contribution in [0, 0.1) is 0 Å². The van der Waals surface area contributed by atoms with E-state index in [2.05, 4.69) is 20.9 Å². The van der Waals surface area contributed by atoms with Gasteiger partial charge in [0.25, 0.3) is 5.91 Å². The zero-order valence-corrected chi connectivity index (χ0v) is 17.5. The molecule has 3 aromatic rings. The zero-order chi connectivity index (χ0) is 22.1. The van der Waals surface area contributed by atoms with Crippen LogP contribution in [0.2, 0.25) is 0 Å². The van der Waals surface area contributed by atoms with Crippen LogP contribution < -0.4 is 25.4 Å². The van der Waals surface area contributed by atoms with Gasteiger partial charge >= 0.3 is 0 Å². The minimum Gasteiger partial charge on any atom is -0.454 e. The Hall–Kier alpha value is -3.92. The number of benzene rings is 2. The first kappa shape index (κ1) is 20.0. The van der Waals surface area contributed by atoms with Gasteiger partial charge in [0.2, 0.25) is 18.6 Å². The van der Waals surface area contributed by atoms with Crippen LogP contribution in [-0.4, -0.2) is 35.5 Å². The lowest BCUT2D eigenvalue weighted by Crippen LogP contribution is -2.41. The third kappa shape index (κ3) is 4.00. The molecule has 32 heavy (non-hydrogen) atoms. The van der Waals surface area contributed by atoms with Crippen LogP contribution in [-0.2, 0) is 9.59 Å². The number of hydrogen-bond donors (Lipinski definition) is 3. The first-order chi connectivity index (χ1) is 15.6. The van der Waals surface area contributed by atoms with E-state index in [1.807, 2.05) is 23.6 Å². The molecular weight excluding hydrogens is 432 g/mol. The monoisotopic (exact) mass is 450 g/mol. The Labute approximate surface area is 186 Å². The number of nitrogens with one attached hydrogen (secondary N) is 3. The number of fused-ring (bicyclic) bond motifs is 2. The molecule has 1 aromatic heterocycles. The molecule has 1 atom stereocenters. The Morgan fingerprint density at radius 1 is 1.16 bits per heavy atom. The number of thiazole rings is 1. The second-order valence-corrected chi connectivity index (χ2v) is 8.11. The number of ether oxygens (including phenoxy) is 2. The first-order valence-electron chi connectivity index (χ1n) is 9.93. The second kappa shape index (κ2) is 8.31. The highest BCUT2D eigenvalue weighted by Crippen LogP contribution is 2.36.